The van der Waals surface area contributed by atoms with E-state index in [1.165, 1.54) is 38.5 Å². The van der Waals surface area contributed by atoms with Crippen LogP contribution in [-0.4, -0.2) is 17.9 Å². The number of benzene rings is 2. The fraction of sp³-hybridized carbons (Fsp3) is 0.545. The van der Waals surface area contributed by atoms with Gasteiger partial charge in [0.15, 0.2) is 0 Å². The molecule has 1 atom stereocenters. The molecule has 0 radical (unpaired) electrons. The SMILES string of the molecule is CCCCCCCCCCCC(=O)Oc1ccc(OC(=O)c2ccc(C(C)OC(=O)CCCCC)cc2)cc1. The summed E-state index contributed by atoms with van der Waals surface area (Å²) >= 11 is 0. The maximum absolute atomic E-state index is 12.5. The van der Waals surface area contributed by atoms with E-state index in [9.17, 15) is 14.4 Å². The molecule has 0 spiro atoms. The molecule has 2 aromatic rings. The Hall–Kier alpha value is -3.15. The highest BCUT2D eigenvalue weighted by molar-refractivity contribution is 5.91. The van der Waals surface area contributed by atoms with Crippen molar-refractivity contribution < 1.29 is 28.6 Å². The first kappa shape index (κ1) is 32.1. The van der Waals surface area contributed by atoms with Crippen molar-refractivity contribution in [2.75, 3.05) is 0 Å². The lowest BCUT2D eigenvalue weighted by Gasteiger charge is -2.14. The molecule has 0 aromatic heterocycles. The molecule has 0 bridgehead atoms. The minimum absolute atomic E-state index is 0.211. The van der Waals surface area contributed by atoms with E-state index in [0.29, 0.717) is 29.9 Å². The van der Waals surface area contributed by atoms with Crippen LogP contribution in [-0.2, 0) is 14.3 Å². The third-order valence-corrected chi connectivity index (χ3v) is 6.66. The summed E-state index contributed by atoms with van der Waals surface area (Å²) in [6.45, 7) is 6.13. The van der Waals surface area contributed by atoms with Gasteiger partial charge in [-0.3, -0.25) is 9.59 Å². The van der Waals surface area contributed by atoms with Crippen molar-refractivity contribution in [2.45, 2.75) is 117 Å². The minimum Gasteiger partial charge on any atom is -0.458 e. The van der Waals surface area contributed by atoms with Gasteiger partial charge in [0, 0.05) is 12.8 Å². The van der Waals surface area contributed by atoms with E-state index in [-0.39, 0.29) is 18.0 Å². The van der Waals surface area contributed by atoms with E-state index in [4.69, 9.17) is 14.2 Å². The lowest BCUT2D eigenvalue weighted by Crippen LogP contribution is -2.11. The van der Waals surface area contributed by atoms with Crippen molar-refractivity contribution >= 4 is 17.9 Å². The summed E-state index contributed by atoms with van der Waals surface area (Å²) in [4.78, 5) is 36.6. The lowest BCUT2D eigenvalue weighted by molar-refractivity contribution is -0.148. The average molecular weight is 539 g/mol. The van der Waals surface area contributed by atoms with Crippen LogP contribution in [0.2, 0.25) is 0 Å². The Bertz CT molecular complexity index is 980. The summed E-state index contributed by atoms with van der Waals surface area (Å²) in [7, 11) is 0. The van der Waals surface area contributed by atoms with Gasteiger partial charge in [0.25, 0.3) is 0 Å². The highest BCUT2D eigenvalue weighted by Crippen LogP contribution is 2.22. The first-order chi connectivity index (χ1) is 18.9. The van der Waals surface area contributed by atoms with E-state index in [1.807, 2.05) is 6.92 Å². The zero-order valence-corrected chi connectivity index (χ0v) is 24.0. The van der Waals surface area contributed by atoms with Crippen molar-refractivity contribution in [3.05, 3.63) is 59.7 Å². The van der Waals surface area contributed by atoms with Crippen LogP contribution in [0.4, 0.5) is 0 Å². The number of esters is 3. The lowest BCUT2D eigenvalue weighted by atomic mass is 10.1. The second-order valence-corrected chi connectivity index (χ2v) is 10.1. The Labute approximate surface area is 234 Å². The Morgan fingerprint density at radius 1 is 0.590 bits per heavy atom. The van der Waals surface area contributed by atoms with Gasteiger partial charge in [-0.1, -0.05) is 90.2 Å². The summed E-state index contributed by atoms with van der Waals surface area (Å²) in [6, 6.07) is 13.3. The van der Waals surface area contributed by atoms with E-state index in [2.05, 4.69) is 13.8 Å². The number of unbranched alkanes of at least 4 members (excludes halogenated alkanes) is 10. The highest BCUT2D eigenvalue weighted by Gasteiger charge is 2.14. The van der Waals surface area contributed by atoms with Crippen LogP contribution < -0.4 is 9.47 Å². The van der Waals surface area contributed by atoms with Crippen molar-refractivity contribution in [1.82, 2.24) is 0 Å². The van der Waals surface area contributed by atoms with Crippen LogP contribution in [0.3, 0.4) is 0 Å². The molecule has 6 heteroatoms. The van der Waals surface area contributed by atoms with Crippen molar-refractivity contribution in [2.24, 2.45) is 0 Å². The molecule has 0 fully saturated rings. The molecule has 0 heterocycles. The van der Waals surface area contributed by atoms with Gasteiger partial charge in [0.2, 0.25) is 0 Å². The van der Waals surface area contributed by atoms with E-state index < -0.39 is 5.97 Å². The molecule has 0 aliphatic rings. The first-order valence-corrected chi connectivity index (χ1v) is 14.7. The predicted octanol–water partition coefficient (Wildman–Crippen LogP) is 8.92. The second-order valence-electron chi connectivity index (χ2n) is 10.1. The van der Waals surface area contributed by atoms with E-state index in [0.717, 1.165) is 44.1 Å². The molecule has 1 unspecified atom stereocenters. The molecule has 6 nitrogen and oxygen atoms in total. The standard InChI is InChI=1S/C33H46O6/c1-4-6-8-9-10-11-12-13-15-17-32(35)38-29-22-24-30(25-23-29)39-33(36)28-20-18-27(19-21-28)26(3)37-31(34)16-14-7-5-2/h18-26H,4-17H2,1-3H3. The molecular formula is C33H46O6. The Morgan fingerprint density at radius 2 is 1.05 bits per heavy atom. The molecule has 0 amide bonds. The first-order valence-electron chi connectivity index (χ1n) is 14.7. The molecule has 0 N–H and O–H groups in total. The van der Waals surface area contributed by atoms with E-state index >= 15 is 0 Å². The maximum Gasteiger partial charge on any atom is 0.343 e. The Balaban J connectivity index is 1.70. The largest absolute Gasteiger partial charge is 0.458 e. The molecule has 0 saturated carbocycles. The zero-order valence-electron chi connectivity index (χ0n) is 24.0. The van der Waals surface area contributed by atoms with Gasteiger partial charge in [-0.05, 0) is 61.7 Å². The second kappa shape index (κ2) is 19.0. The molecule has 2 rings (SSSR count). The minimum atomic E-state index is -0.499. The fourth-order valence-corrected chi connectivity index (χ4v) is 4.24. The van der Waals surface area contributed by atoms with Gasteiger partial charge in [0.05, 0.1) is 5.56 Å². The van der Waals surface area contributed by atoms with Crippen LogP contribution in [0.1, 0.15) is 133 Å². The normalized spacial score (nSPS) is 11.6. The summed E-state index contributed by atoms with van der Waals surface area (Å²) in [5.41, 5.74) is 1.20. The van der Waals surface area contributed by atoms with Gasteiger partial charge >= 0.3 is 17.9 Å². The summed E-state index contributed by atoms with van der Waals surface area (Å²) in [5, 5.41) is 0. The smallest absolute Gasteiger partial charge is 0.343 e. The Kier molecular flexibility index (Phi) is 15.6. The van der Waals surface area contributed by atoms with Crippen molar-refractivity contribution in [1.29, 1.82) is 0 Å². The van der Waals surface area contributed by atoms with Crippen LogP contribution in [0, 0.1) is 0 Å². The molecule has 0 saturated heterocycles. The van der Waals surface area contributed by atoms with Crippen molar-refractivity contribution in [3.8, 4) is 11.5 Å². The predicted molar refractivity (Wildman–Crippen MR) is 154 cm³/mol. The van der Waals surface area contributed by atoms with Crippen LogP contribution >= 0.6 is 0 Å². The highest BCUT2D eigenvalue weighted by atomic mass is 16.5. The third kappa shape index (κ3) is 13.5. The molecule has 0 aliphatic carbocycles. The molecular weight excluding hydrogens is 492 g/mol. The number of rotatable bonds is 19. The van der Waals surface area contributed by atoms with Crippen LogP contribution in [0.25, 0.3) is 0 Å². The molecule has 2 aromatic carbocycles. The molecule has 39 heavy (non-hydrogen) atoms. The maximum atomic E-state index is 12.5. The fourth-order valence-electron chi connectivity index (χ4n) is 4.24. The number of carbonyl (C=O) groups is 3. The number of hydrogen-bond donors (Lipinski definition) is 0. The monoisotopic (exact) mass is 538 g/mol. The molecule has 0 aliphatic heterocycles. The topological polar surface area (TPSA) is 78.9 Å². The third-order valence-electron chi connectivity index (χ3n) is 6.66. The number of hydrogen-bond acceptors (Lipinski definition) is 6. The van der Waals surface area contributed by atoms with Gasteiger partial charge in [-0.15, -0.1) is 0 Å². The average Bonchev–Trinajstić information content (AvgIpc) is 2.93. The number of carbonyl (C=O) groups excluding carboxylic acids is 3. The summed E-state index contributed by atoms with van der Waals surface area (Å²) in [6.07, 6.45) is 14.1. The number of ether oxygens (including phenoxy) is 3. The van der Waals surface area contributed by atoms with Crippen LogP contribution in [0.5, 0.6) is 11.5 Å². The summed E-state index contributed by atoms with van der Waals surface area (Å²) in [5.74, 6) is -0.169. The van der Waals surface area contributed by atoms with Gasteiger partial charge in [0.1, 0.15) is 17.6 Å². The van der Waals surface area contributed by atoms with E-state index in [1.54, 1.807) is 48.5 Å². The van der Waals surface area contributed by atoms with Gasteiger partial charge < -0.3 is 14.2 Å². The Morgan fingerprint density at radius 3 is 1.64 bits per heavy atom. The van der Waals surface area contributed by atoms with Gasteiger partial charge in [-0.2, -0.15) is 0 Å². The van der Waals surface area contributed by atoms with Gasteiger partial charge in [-0.25, -0.2) is 4.79 Å². The summed E-state index contributed by atoms with van der Waals surface area (Å²) < 4.78 is 16.3. The molecule has 214 valence electrons. The zero-order chi connectivity index (χ0) is 28.3. The van der Waals surface area contributed by atoms with Crippen molar-refractivity contribution in [3.63, 3.8) is 0 Å². The quantitative estimate of drug-likeness (QED) is 0.101. The van der Waals surface area contributed by atoms with Crippen LogP contribution in [0.15, 0.2) is 48.5 Å².